The summed E-state index contributed by atoms with van der Waals surface area (Å²) in [6.07, 6.45) is 0. The fourth-order valence-electron chi connectivity index (χ4n) is 3.59. The van der Waals surface area contributed by atoms with Crippen LogP contribution < -0.4 is 5.32 Å². The van der Waals surface area contributed by atoms with Gasteiger partial charge in [0.2, 0.25) is 5.91 Å². The quantitative estimate of drug-likeness (QED) is 0.365. The molecule has 1 N–H and O–H groups in total. The van der Waals surface area contributed by atoms with Gasteiger partial charge in [-0.1, -0.05) is 34.8 Å². The van der Waals surface area contributed by atoms with Crippen molar-refractivity contribution in [2.24, 2.45) is 0 Å². The number of benzene rings is 2. The number of anilines is 1. The molecule has 1 fully saturated rings. The maximum atomic E-state index is 13.0. The van der Waals surface area contributed by atoms with E-state index in [9.17, 15) is 19.7 Å². The number of non-ortho nitro benzene ring substituents is 1. The van der Waals surface area contributed by atoms with E-state index in [2.05, 4.69) is 5.32 Å². The lowest BCUT2D eigenvalue weighted by atomic mass is 10.2. The highest BCUT2D eigenvalue weighted by molar-refractivity contribution is 7.21. The van der Waals surface area contributed by atoms with Gasteiger partial charge in [-0.15, -0.1) is 11.3 Å². The van der Waals surface area contributed by atoms with Crippen molar-refractivity contribution < 1.29 is 14.5 Å². The normalized spacial score (nSPS) is 14.5. The molecule has 0 atom stereocenters. The van der Waals surface area contributed by atoms with Crippen molar-refractivity contribution in [1.82, 2.24) is 9.80 Å². The highest BCUT2D eigenvalue weighted by Gasteiger charge is 2.27. The molecule has 8 nitrogen and oxygen atoms in total. The Hall–Kier alpha value is -2.43. The Morgan fingerprint density at radius 1 is 1.03 bits per heavy atom. The first-order chi connectivity index (χ1) is 15.7. The van der Waals surface area contributed by atoms with Crippen LogP contribution in [0.1, 0.15) is 9.67 Å². The van der Waals surface area contributed by atoms with Crippen LogP contribution in [0.15, 0.2) is 36.4 Å². The molecular weight excluding hydrogens is 511 g/mol. The number of rotatable bonds is 5. The van der Waals surface area contributed by atoms with Gasteiger partial charge in [0, 0.05) is 64.1 Å². The third-order valence-electron chi connectivity index (χ3n) is 5.19. The summed E-state index contributed by atoms with van der Waals surface area (Å²) < 4.78 is 0.592. The molecule has 12 heteroatoms. The van der Waals surface area contributed by atoms with Gasteiger partial charge in [-0.3, -0.25) is 24.6 Å². The van der Waals surface area contributed by atoms with Crippen LogP contribution in [-0.2, 0) is 4.79 Å². The summed E-state index contributed by atoms with van der Waals surface area (Å²) in [7, 11) is 0. The van der Waals surface area contributed by atoms with Gasteiger partial charge in [0.25, 0.3) is 11.6 Å². The van der Waals surface area contributed by atoms with E-state index in [1.165, 1.54) is 12.1 Å². The second kappa shape index (κ2) is 9.82. The number of nitrogens with zero attached hydrogens (tertiary/aromatic N) is 3. The Morgan fingerprint density at radius 3 is 2.33 bits per heavy atom. The van der Waals surface area contributed by atoms with E-state index in [1.807, 2.05) is 4.90 Å². The zero-order chi connectivity index (χ0) is 23.7. The topological polar surface area (TPSA) is 95.8 Å². The zero-order valence-electron chi connectivity index (χ0n) is 17.0. The highest BCUT2D eigenvalue weighted by atomic mass is 35.5. The number of halogens is 3. The lowest BCUT2D eigenvalue weighted by molar-refractivity contribution is -0.384. The first kappa shape index (κ1) is 23.7. The van der Waals surface area contributed by atoms with Crippen LogP contribution >= 0.6 is 46.1 Å². The first-order valence-electron chi connectivity index (χ1n) is 9.85. The molecule has 2 heterocycles. The molecule has 1 aromatic heterocycles. The number of nitro benzene ring substituents is 1. The highest BCUT2D eigenvalue weighted by Crippen LogP contribution is 2.38. The number of thiophene rings is 1. The number of carbonyl (C=O) groups excluding carboxylic acids is 2. The van der Waals surface area contributed by atoms with Crippen LogP contribution in [0.5, 0.6) is 0 Å². The average Bonchev–Trinajstić information content (AvgIpc) is 3.08. The molecule has 33 heavy (non-hydrogen) atoms. The summed E-state index contributed by atoms with van der Waals surface area (Å²) in [6, 6.07) is 9.17. The third kappa shape index (κ3) is 5.39. The summed E-state index contributed by atoms with van der Waals surface area (Å²) in [4.78, 5) is 39.9. The zero-order valence-corrected chi connectivity index (χ0v) is 20.1. The molecule has 0 unspecified atom stereocenters. The second-order valence-corrected chi connectivity index (χ2v) is 9.76. The number of nitro groups is 1. The van der Waals surface area contributed by atoms with Crippen LogP contribution in [0.3, 0.4) is 0 Å². The number of carbonyl (C=O) groups is 2. The molecule has 2 amide bonds. The predicted molar refractivity (Wildman–Crippen MR) is 131 cm³/mol. The van der Waals surface area contributed by atoms with Crippen molar-refractivity contribution in [2.75, 3.05) is 38.0 Å². The van der Waals surface area contributed by atoms with E-state index in [1.54, 1.807) is 29.2 Å². The van der Waals surface area contributed by atoms with Gasteiger partial charge in [0.1, 0.15) is 4.88 Å². The summed E-state index contributed by atoms with van der Waals surface area (Å²) in [6.45, 7) is 2.06. The number of nitrogens with one attached hydrogen (secondary N) is 1. The fraction of sp³-hybridized carbons (Fsp3) is 0.238. The third-order valence-corrected chi connectivity index (χ3v) is 7.27. The molecule has 0 spiro atoms. The molecule has 2 aromatic carbocycles. The van der Waals surface area contributed by atoms with Gasteiger partial charge >= 0.3 is 0 Å². The molecule has 1 saturated heterocycles. The Bertz CT molecular complexity index is 1240. The fourth-order valence-corrected chi connectivity index (χ4v) is 5.63. The lowest BCUT2D eigenvalue weighted by Gasteiger charge is -2.34. The van der Waals surface area contributed by atoms with E-state index >= 15 is 0 Å². The number of hydrogen-bond acceptors (Lipinski definition) is 6. The molecule has 3 aromatic rings. The lowest BCUT2D eigenvalue weighted by Crippen LogP contribution is -2.50. The van der Waals surface area contributed by atoms with Crippen LogP contribution in [0.25, 0.3) is 10.1 Å². The molecule has 0 saturated carbocycles. The monoisotopic (exact) mass is 526 g/mol. The van der Waals surface area contributed by atoms with Crippen LogP contribution in [0.2, 0.25) is 15.1 Å². The van der Waals surface area contributed by atoms with Crippen LogP contribution in [0, 0.1) is 10.1 Å². The van der Waals surface area contributed by atoms with Crippen molar-refractivity contribution >= 4 is 79.4 Å². The molecule has 0 radical (unpaired) electrons. The van der Waals surface area contributed by atoms with E-state index in [0.29, 0.717) is 61.9 Å². The second-order valence-electron chi connectivity index (χ2n) is 7.46. The minimum atomic E-state index is -0.481. The van der Waals surface area contributed by atoms with Crippen molar-refractivity contribution in [2.45, 2.75) is 0 Å². The molecule has 0 aliphatic carbocycles. The summed E-state index contributed by atoms with van der Waals surface area (Å²) in [5.74, 6) is -0.427. The minimum Gasteiger partial charge on any atom is -0.335 e. The van der Waals surface area contributed by atoms with Crippen LogP contribution in [-0.4, -0.2) is 59.3 Å². The number of hydrogen-bond donors (Lipinski definition) is 1. The van der Waals surface area contributed by atoms with Crippen molar-refractivity contribution in [3.63, 3.8) is 0 Å². The molecule has 0 bridgehead atoms. The van der Waals surface area contributed by atoms with E-state index in [-0.39, 0.29) is 24.0 Å². The van der Waals surface area contributed by atoms with Gasteiger partial charge in [-0.2, -0.15) is 0 Å². The van der Waals surface area contributed by atoms with Gasteiger partial charge in [0.05, 0.1) is 16.5 Å². The number of fused-ring (bicyclic) bond motifs is 1. The number of piperazine rings is 1. The van der Waals surface area contributed by atoms with Gasteiger partial charge in [-0.25, -0.2) is 0 Å². The summed E-state index contributed by atoms with van der Waals surface area (Å²) in [5.41, 5.74) is 0.470. The first-order valence-corrected chi connectivity index (χ1v) is 11.8. The van der Waals surface area contributed by atoms with Crippen molar-refractivity contribution in [1.29, 1.82) is 0 Å². The van der Waals surface area contributed by atoms with Crippen molar-refractivity contribution in [3.8, 4) is 0 Å². The summed E-state index contributed by atoms with van der Waals surface area (Å²) in [5, 5.41) is 15.6. The van der Waals surface area contributed by atoms with Gasteiger partial charge < -0.3 is 10.2 Å². The van der Waals surface area contributed by atoms with E-state index < -0.39 is 4.92 Å². The summed E-state index contributed by atoms with van der Waals surface area (Å²) >= 11 is 19.5. The Labute approximate surface area is 207 Å². The SMILES string of the molecule is O=C(CN1CCN(C(=O)c2sc3cc([N+](=O)[O-])ccc3c2Cl)CC1)Nc1cc(Cl)cc(Cl)c1. The average molecular weight is 528 g/mol. The molecule has 172 valence electrons. The minimum absolute atomic E-state index is 0.0497. The Kier molecular flexibility index (Phi) is 7.06. The van der Waals surface area contributed by atoms with Gasteiger partial charge in [-0.05, 0) is 24.3 Å². The largest absolute Gasteiger partial charge is 0.335 e. The van der Waals surface area contributed by atoms with E-state index in [0.717, 1.165) is 11.3 Å². The standard InChI is InChI=1S/C21H17Cl3N4O4S/c22-12-7-13(23)9-14(8-12)25-18(29)11-26-3-5-27(6-4-26)21(30)20-19(24)16-2-1-15(28(31)32)10-17(16)33-20/h1-2,7-10H,3-6,11H2,(H,25,29). The Morgan fingerprint density at radius 2 is 1.70 bits per heavy atom. The smallest absolute Gasteiger partial charge is 0.270 e. The maximum absolute atomic E-state index is 13.0. The molecule has 1 aliphatic heterocycles. The predicted octanol–water partition coefficient (Wildman–Crippen LogP) is 5.17. The molecular formula is C21H17Cl3N4O4S. The Balaban J connectivity index is 1.36. The number of amides is 2. The van der Waals surface area contributed by atoms with Crippen molar-refractivity contribution in [3.05, 3.63) is 66.5 Å². The van der Waals surface area contributed by atoms with Crippen LogP contribution in [0.4, 0.5) is 11.4 Å². The molecule has 4 rings (SSSR count). The van der Waals surface area contributed by atoms with Gasteiger partial charge in [0.15, 0.2) is 0 Å². The maximum Gasteiger partial charge on any atom is 0.270 e. The van der Waals surface area contributed by atoms with E-state index in [4.69, 9.17) is 34.8 Å². The molecule has 1 aliphatic rings.